The molecule has 1 aliphatic rings. The van der Waals surface area contributed by atoms with E-state index in [1.54, 1.807) is 30.1 Å². The molecule has 0 bridgehead atoms. The van der Waals surface area contributed by atoms with Crippen molar-refractivity contribution in [3.05, 3.63) is 29.8 Å². The Labute approximate surface area is 99.6 Å². The third kappa shape index (κ3) is 2.45. The molecule has 1 saturated heterocycles. The van der Waals surface area contributed by atoms with Gasteiger partial charge < -0.3 is 5.73 Å². The number of nitrogens with zero attached hydrogens (tertiary/aromatic N) is 1. The summed E-state index contributed by atoms with van der Waals surface area (Å²) >= 11 is 0. The van der Waals surface area contributed by atoms with E-state index >= 15 is 0 Å². The lowest BCUT2D eigenvalue weighted by atomic mass is 10.1. The zero-order valence-electron chi connectivity index (χ0n) is 9.64. The van der Waals surface area contributed by atoms with E-state index in [1.807, 2.05) is 6.07 Å². The molecule has 1 fully saturated rings. The van der Waals surface area contributed by atoms with Crippen LogP contribution >= 0.6 is 0 Å². The molecule has 1 aromatic rings. The SMILES string of the molecule is CC(N)C(=O)c1cccc(N2CCC(=O)N2)c1. The number of benzene rings is 1. The second-order valence-electron chi connectivity index (χ2n) is 4.14. The Morgan fingerprint density at radius 2 is 2.29 bits per heavy atom. The van der Waals surface area contributed by atoms with Crippen LogP contribution < -0.4 is 16.2 Å². The zero-order valence-corrected chi connectivity index (χ0v) is 9.64. The largest absolute Gasteiger partial charge is 0.321 e. The van der Waals surface area contributed by atoms with Crippen LogP contribution in [0.1, 0.15) is 23.7 Å². The first-order valence-corrected chi connectivity index (χ1v) is 5.55. The maximum atomic E-state index is 11.7. The molecule has 0 aliphatic carbocycles. The van der Waals surface area contributed by atoms with Crippen molar-refractivity contribution in [2.45, 2.75) is 19.4 Å². The second kappa shape index (κ2) is 4.55. The van der Waals surface area contributed by atoms with Gasteiger partial charge in [0.15, 0.2) is 5.78 Å². The number of rotatable bonds is 3. The van der Waals surface area contributed by atoms with Crippen molar-refractivity contribution < 1.29 is 9.59 Å². The van der Waals surface area contributed by atoms with Crippen molar-refractivity contribution >= 4 is 17.4 Å². The number of carbonyl (C=O) groups is 2. The molecule has 1 aromatic carbocycles. The summed E-state index contributed by atoms with van der Waals surface area (Å²) in [5, 5.41) is 1.74. The molecule has 17 heavy (non-hydrogen) atoms. The first-order valence-electron chi connectivity index (χ1n) is 5.55. The fourth-order valence-corrected chi connectivity index (χ4v) is 1.76. The Balaban J connectivity index is 2.22. The fraction of sp³-hybridized carbons (Fsp3) is 0.333. The summed E-state index contributed by atoms with van der Waals surface area (Å²) in [4.78, 5) is 22.9. The van der Waals surface area contributed by atoms with Crippen LogP contribution in [0, 0.1) is 0 Å². The van der Waals surface area contributed by atoms with Crippen molar-refractivity contribution in [2.24, 2.45) is 5.73 Å². The highest BCUT2D eigenvalue weighted by molar-refractivity contribution is 6.00. The summed E-state index contributed by atoms with van der Waals surface area (Å²) in [7, 11) is 0. The van der Waals surface area contributed by atoms with E-state index in [-0.39, 0.29) is 11.7 Å². The molecule has 3 N–H and O–H groups in total. The highest BCUT2D eigenvalue weighted by Crippen LogP contribution is 2.18. The molecule has 0 spiro atoms. The lowest BCUT2D eigenvalue weighted by molar-refractivity contribution is -0.119. The molecule has 2 rings (SSSR count). The monoisotopic (exact) mass is 233 g/mol. The second-order valence-corrected chi connectivity index (χ2v) is 4.14. The van der Waals surface area contributed by atoms with Crippen LogP contribution in [-0.2, 0) is 4.79 Å². The number of ketones is 1. The van der Waals surface area contributed by atoms with Crippen LogP contribution in [0.15, 0.2) is 24.3 Å². The Kier molecular flexibility index (Phi) is 3.10. The van der Waals surface area contributed by atoms with Gasteiger partial charge in [-0.3, -0.25) is 20.0 Å². The quantitative estimate of drug-likeness (QED) is 0.744. The number of Topliss-reactive ketones (excluding diaryl/α,β-unsaturated/α-hetero) is 1. The average Bonchev–Trinajstić information content (AvgIpc) is 2.75. The minimum atomic E-state index is -0.515. The number of hydrazine groups is 1. The number of amides is 1. The third-order valence-electron chi connectivity index (χ3n) is 2.68. The van der Waals surface area contributed by atoms with Gasteiger partial charge in [0.05, 0.1) is 11.7 Å². The molecule has 1 aliphatic heterocycles. The summed E-state index contributed by atoms with van der Waals surface area (Å²) < 4.78 is 0. The first kappa shape index (κ1) is 11.6. The fourth-order valence-electron chi connectivity index (χ4n) is 1.76. The minimum Gasteiger partial charge on any atom is -0.321 e. The molecule has 1 heterocycles. The number of hydrogen-bond acceptors (Lipinski definition) is 4. The Hall–Kier alpha value is -1.88. The van der Waals surface area contributed by atoms with Crippen molar-refractivity contribution in [1.29, 1.82) is 0 Å². The summed E-state index contributed by atoms with van der Waals surface area (Å²) in [6, 6.07) is 6.60. The van der Waals surface area contributed by atoms with Gasteiger partial charge in [-0.05, 0) is 19.1 Å². The third-order valence-corrected chi connectivity index (χ3v) is 2.68. The van der Waals surface area contributed by atoms with Crippen molar-refractivity contribution in [3.63, 3.8) is 0 Å². The zero-order chi connectivity index (χ0) is 12.4. The highest BCUT2D eigenvalue weighted by Gasteiger charge is 2.19. The number of anilines is 1. The molecule has 1 amide bonds. The molecule has 5 nitrogen and oxygen atoms in total. The Bertz CT molecular complexity index is 457. The van der Waals surface area contributed by atoms with Crippen molar-refractivity contribution in [2.75, 3.05) is 11.6 Å². The normalized spacial score (nSPS) is 16.8. The van der Waals surface area contributed by atoms with Gasteiger partial charge in [0.2, 0.25) is 5.91 Å². The van der Waals surface area contributed by atoms with Crippen molar-refractivity contribution in [3.8, 4) is 0 Å². The molecule has 0 radical (unpaired) electrons. The Morgan fingerprint density at radius 3 is 2.88 bits per heavy atom. The summed E-state index contributed by atoms with van der Waals surface area (Å²) in [6.07, 6.45) is 0.478. The van der Waals surface area contributed by atoms with E-state index in [9.17, 15) is 9.59 Å². The number of nitrogens with one attached hydrogen (secondary N) is 1. The molecule has 0 aromatic heterocycles. The van der Waals surface area contributed by atoms with Crippen molar-refractivity contribution in [1.82, 2.24) is 5.43 Å². The van der Waals surface area contributed by atoms with Crippen LogP contribution in [0.5, 0.6) is 0 Å². The standard InChI is InChI=1S/C12H15N3O2/c1-8(13)12(17)9-3-2-4-10(7-9)15-6-5-11(16)14-15/h2-4,7-8H,5-6,13H2,1H3,(H,14,16). The van der Waals surface area contributed by atoms with E-state index in [0.29, 0.717) is 18.5 Å². The Morgan fingerprint density at radius 1 is 1.53 bits per heavy atom. The van der Waals surface area contributed by atoms with E-state index in [4.69, 9.17) is 5.73 Å². The van der Waals surface area contributed by atoms with E-state index < -0.39 is 6.04 Å². The number of hydrogen-bond donors (Lipinski definition) is 2. The summed E-state index contributed by atoms with van der Waals surface area (Å²) in [5.74, 6) is -0.105. The summed E-state index contributed by atoms with van der Waals surface area (Å²) in [5.41, 5.74) is 9.65. The molecular formula is C12H15N3O2. The van der Waals surface area contributed by atoms with Crippen LogP contribution in [0.2, 0.25) is 0 Å². The van der Waals surface area contributed by atoms with Gasteiger partial charge >= 0.3 is 0 Å². The van der Waals surface area contributed by atoms with Crippen LogP contribution in [0.25, 0.3) is 0 Å². The van der Waals surface area contributed by atoms with Gasteiger partial charge in [-0.1, -0.05) is 12.1 Å². The lowest BCUT2D eigenvalue weighted by Gasteiger charge is -2.18. The number of carbonyl (C=O) groups excluding carboxylic acids is 2. The number of nitrogens with two attached hydrogens (primary N) is 1. The summed E-state index contributed by atoms with van der Waals surface area (Å²) in [6.45, 7) is 2.28. The molecule has 1 unspecified atom stereocenters. The topological polar surface area (TPSA) is 75.4 Å². The maximum absolute atomic E-state index is 11.7. The minimum absolute atomic E-state index is 0.00563. The van der Waals surface area contributed by atoms with Gasteiger partial charge in [-0.25, -0.2) is 0 Å². The smallest absolute Gasteiger partial charge is 0.240 e. The predicted octanol–water partition coefficient (Wildman–Crippen LogP) is 0.458. The van der Waals surface area contributed by atoms with E-state index in [1.165, 1.54) is 0 Å². The van der Waals surface area contributed by atoms with Crippen LogP contribution in [0.3, 0.4) is 0 Å². The van der Waals surface area contributed by atoms with Crippen LogP contribution in [0.4, 0.5) is 5.69 Å². The molecule has 5 heteroatoms. The van der Waals surface area contributed by atoms with Gasteiger partial charge in [0, 0.05) is 18.5 Å². The average molecular weight is 233 g/mol. The van der Waals surface area contributed by atoms with Gasteiger partial charge in [0.25, 0.3) is 0 Å². The van der Waals surface area contributed by atoms with Crippen LogP contribution in [-0.4, -0.2) is 24.3 Å². The van der Waals surface area contributed by atoms with E-state index in [2.05, 4.69) is 5.43 Å². The molecule has 0 saturated carbocycles. The van der Waals surface area contributed by atoms with E-state index in [0.717, 1.165) is 5.69 Å². The molecular weight excluding hydrogens is 218 g/mol. The molecule has 90 valence electrons. The van der Waals surface area contributed by atoms with Gasteiger partial charge in [0.1, 0.15) is 0 Å². The molecule has 1 atom stereocenters. The van der Waals surface area contributed by atoms with Gasteiger partial charge in [-0.15, -0.1) is 0 Å². The first-order chi connectivity index (χ1) is 8.08. The predicted molar refractivity (Wildman–Crippen MR) is 64.5 cm³/mol. The van der Waals surface area contributed by atoms with Gasteiger partial charge in [-0.2, -0.15) is 0 Å². The maximum Gasteiger partial charge on any atom is 0.240 e. The highest BCUT2D eigenvalue weighted by atomic mass is 16.2. The lowest BCUT2D eigenvalue weighted by Crippen LogP contribution is -2.33.